The van der Waals surface area contributed by atoms with E-state index in [0.717, 1.165) is 16.4 Å². The second kappa shape index (κ2) is 5.56. The van der Waals surface area contributed by atoms with Crippen molar-refractivity contribution in [3.05, 3.63) is 28.2 Å². The highest BCUT2D eigenvalue weighted by Crippen LogP contribution is 2.26. The standard InChI is InChI=1S/C13H14N4O4S/c1-15-10(18)3-2-9(14-15)12(20)16-5-4-8(6-16)17-11(19)7-22-13(17)21/h2-3,8H,4-7H2,1H3. The number of aromatic nitrogens is 2. The maximum atomic E-state index is 12.4. The molecule has 116 valence electrons. The Morgan fingerprint density at radius 1 is 1.32 bits per heavy atom. The Labute approximate surface area is 130 Å². The number of hydrogen-bond donors (Lipinski definition) is 0. The Kier molecular flexibility index (Phi) is 3.73. The molecule has 1 aromatic rings. The Hall–Kier alpha value is -2.16. The third-order valence-corrected chi connectivity index (χ3v) is 4.61. The normalized spacial score (nSPS) is 21.8. The van der Waals surface area contributed by atoms with E-state index in [2.05, 4.69) is 5.10 Å². The Bertz CT molecular complexity index is 700. The zero-order valence-electron chi connectivity index (χ0n) is 11.9. The van der Waals surface area contributed by atoms with Crippen molar-refractivity contribution in [2.75, 3.05) is 18.8 Å². The van der Waals surface area contributed by atoms with Gasteiger partial charge >= 0.3 is 0 Å². The van der Waals surface area contributed by atoms with Crippen molar-refractivity contribution in [3.63, 3.8) is 0 Å². The molecule has 0 aromatic carbocycles. The smallest absolute Gasteiger partial charge is 0.289 e. The second-order valence-electron chi connectivity index (χ2n) is 5.19. The summed E-state index contributed by atoms with van der Waals surface area (Å²) in [6.07, 6.45) is 0.565. The molecular weight excluding hydrogens is 308 g/mol. The van der Waals surface area contributed by atoms with Crippen LogP contribution in [-0.2, 0) is 11.8 Å². The Balaban J connectivity index is 1.73. The highest BCUT2D eigenvalue weighted by Gasteiger charge is 2.40. The first-order valence-electron chi connectivity index (χ1n) is 6.80. The van der Waals surface area contributed by atoms with E-state index in [1.54, 1.807) is 4.90 Å². The van der Waals surface area contributed by atoms with Gasteiger partial charge in [0.2, 0.25) is 5.91 Å². The first kappa shape index (κ1) is 14.8. The minimum absolute atomic E-state index is 0.172. The van der Waals surface area contributed by atoms with Crippen LogP contribution in [-0.4, -0.2) is 61.5 Å². The molecule has 3 amide bonds. The van der Waals surface area contributed by atoms with Gasteiger partial charge in [0.05, 0.1) is 11.8 Å². The molecule has 1 unspecified atom stereocenters. The molecule has 0 saturated carbocycles. The summed E-state index contributed by atoms with van der Waals surface area (Å²) in [5.74, 6) is -0.328. The fraction of sp³-hybridized carbons (Fsp3) is 0.462. The van der Waals surface area contributed by atoms with E-state index in [1.165, 1.54) is 24.1 Å². The summed E-state index contributed by atoms with van der Waals surface area (Å²) >= 11 is 0.993. The zero-order valence-corrected chi connectivity index (χ0v) is 12.7. The van der Waals surface area contributed by atoms with Crippen LogP contribution in [0, 0.1) is 0 Å². The van der Waals surface area contributed by atoms with Gasteiger partial charge in [-0.25, -0.2) is 4.68 Å². The van der Waals surface area contributed by atoms with Crippen LogP contribution in [0.1, 0.15) is 16.9 Å². The summed E-state index contributed by atoms with van der Waals surface area (Å²) in [5.41, 5.74) is -0.114. The fourth-order valence-corrected chi connectivity index (χ4v) is 3.41. The van der Waals surface area contributed by atoms with Crippen molar-refractivity contribution in [1.82, 2.24) is 19.6 Å². The van der Waals surface area contributed by atoms with Gasteiger partial charge in [0.25, 0.3) is 16.7 Å². The number of likely N-dealkylation sites (tertiary alicyclic amines) is 1. The van der Waals surface area contributed by atoms with Crippen molar-refractivity contribution in [2.24, 2.45) is 7.05 Å². The molecule has 8 nitrogen and oxygen atoms in total. The maximum Gasteiger partial charge on any atom is 0.289 e. The lowest BCUT2D eigenvalue weighted by Crippen LogP contribution is -2.41. The maximum absolute atomic E-state index is 12.4. The van der Waals surface area contributed by atoms with Crippen LogP contribution in [0.5, 0.6) is 0 Å². The van der Waals surface area contributed by atoms with Gasteiger partial charge < -0.3 is 4.90 Å². The topological polar surface area (TPSA) is 92.6 Å². The number of carbonyl (C=O) groups is 3. The van der Waals surface area contributed by atoms with Crippen molar-refractivity contribution in [1.29, 1.82) is 0 Å². The molecule has 0 aliphatic carbocycles. The molecule has 2 aliphatic rings. The van der Waals surface area contributed by atoms with E-state index in [0.29, 0.717) is 19.5 Å². The van der Waals surface area contributed by atoms with Gasteiger partial charge in [-0.2, -0.15) is 5.10 Å². The van der Waals surface area contributed by atoms with Gasteiger partial charge in [-0.1, -0.05) is 11.8 Å². The highest BCUT2D eigenvalue weighted by molar-refractivity contribution is 8.14. The number of amides is 3. The molecule has 0 N–H and O–H groups in total. The number of aryl methyl sites for hydroxylation is 1. The zero-order chi connectivity index (χ0) is 15.9. The molecule has 22 heavy (non-hydrogen) atoms. The number of thioether (sulfide) groups is 1. The summed E-state index contributed by atoms with van der Waals surface area (Å²) in [4.78, 5) is 50.0. The largest absolute Gasteiger partial charge is 0.335 e. The predicted octanol–water partition coefficient (Wildman–Crippen LogP) is -0.310. The van der Waals surface area contributed by atoms with Crippen molar-refractivity contribution < 1.29 is 14.4 Å². The first-order chi connectivity index (χ1) is 10.5. The van der Waals surface area contributed by atoms with Gasteiger partial charge in [-0.05, 0) is 12.5 Å². The highest BCUT2D eigenvalue weighted by atomic mass is 32.2. The molecule has 2 aliphatic heterocycles. The minimum Gasteiger partial charge on any atom is -0.335 e. The van der Waals surface area contributed by atoms with Crippen molar-refractivity contribution in [3.8, 4) is 0 Å². The molecule has 9 heteroatoms. The third kappa shape index (κ3) is 2.52. The number of rotatable bonds is 2. The molecule has 0 bridgehead atoms. The number of hydrogen-bond acceptors (Lipinski definition) is 6. The van der Waals surface area contributed by atoms with Crippen molar-refractivity contribution in [2.45, 2.75) is 12.5 Å². The average molecular weight is 322 g/mol. The Morgan fingerprint density at radius 2 is 2.09 bits per heavy atom. The third-order valence-electron chi connectivity index (χ3n) is 3.78. The van der Waals surface area contributed by atoms with Gasteiger partial charge in [-0.15, -0.1) is 0 Å². The Morgan fingerprint density at radius 3 is 2.73 bits per heavy atom. The van der Waals surface area contributed by atoms with E-state index in [1.807, 2.05) is 0 Å². The molecule has 2 saturated heterocycles. The van der Waals surface area contributed by atoms with Crippen LogP contribution in [0.4, 0.5) is 4.79 Å². The van der Waals surface area contributed by atoms with Crippen LogP contribution < -0.4 is 5.56 Å². The molecule has 3 heterocycles. The molecule has 3 rings (SSSR count). The molecular formula is C13H14N4O4S. The van der Waals surface area contributed by atoms with E-state index in [-0.39, 0.29) is 40.1 Å². The molecule has 0 radical (unpaired) electrons. The lowest BCUT2D eigenvalue weighted by molar-refractivity contribution is -0.126. The van der Waals surface area contributed by atoms with E-state index >= 15 is 0 Å². The predicted molar refractivity (Wildman–Crippen MR) is 78.5 cm³/mol. The van der Waals surface area contributed by atoms with Crippen LogP contribution in [0.25, 0.3) is 0 Å². The molecule has 2 fully saturated rings. The lowest BCUT2D eigenvalue weighted by atomic mass is 10.2. The van der Waals surface area contributed by atoms with Gasteiger partial charge in [0.1, 0.15) is 5.69 Å². The summed E-state index contributed by atoms with van der Waals surface area (Å²) in [6, 6.07) is 2.41. The van der Waals surface area contributed by atoms with E-state index in [9.17, 15) is 19.2 Å². The first-order valence-corrected chi connectivity index (χ1v) is 7.78. The monoisotopic (exact) mass is 322 g/mol. The van der Waals surface area contributed by atoms with Gasteiger partial charge in [0, 0.05) is 26.2 Å². The number of carbonyl (C=O) groups excluding carboxylic acids is 3. The summed E-state index contributed by atoms with van der Waals surface area (Å²) in [5, 5.41) is 3.69. The van der Waals surface area contributed by atoms with Crippen LogP contribution in [0.3, 0.4) is 0 Å². The van der Waals surface area contributed by atoms with Crippen LogP contribution in [0.15, 0.2) is 16.9 Å². The SMILES string of the molecule is Cn1nc(C(=O)N2CCC(N3C(=O)CSC3=O)C2)ccc1=O. The van der Waals surface area contributed by atoms with Crippen LogP contribution in [0.2, 0.25) is 0 Å². The second-order valence-corrected chi connectivity index (χ2v) is 6.12. The summed E-state index contributed by atoms with van der Waals surface area (Å²) < 4.78 is 1.10. The quantitative estimate of drug-likeness (QED) is 0.741. The molecule has 1 atom stereocenters. The van der Waals surface area contributed by atoms with E-state index in [4.69, 9.17) is 0 Å². The fourth-order valence-electron chi connectivity index (χ4n) is 2.63. The minimum atomic E-state index is -0.301. The molecule has 1 aromatic heterocycles. The number of nitrogens with zero attached hydrogens (tertiary/aromatic N) is 4. The summed E-state index contributed by atoms with van der Waals surface area (Å²) in [7, 11) is 1.48. The van der Waals surface area contributed by atoms with Crippen molar-refractivity contribution >= 4 is 28.8 Å². The van der Waals surface area contributed by atoms with Gasteiger partial charge in [0.15, 0.2) is 0 Å². The van der Waals surface area contributed by atoms with Crippen LogP contribution >= 0.6 is 11.8 Å². The molecule has 0 spiro atoms. The van der Waals surface area contributed by atoms with E-state index < -0.39 is 0 Å². The van der Waals surface area contributed by atoms with Gasteiger partial charge in [-0.3, -0.25) is 24.1 Å². The average Bonchev–Trinajstić information content (AvgIpc) is 3.08. The lowest BCUT2D eigenvalue weighted by Gasteiger charge is -2.21. The summed E-state index contributed by atoms with van der Waals surface area (Å²) in [6.45, 7) is 0.761. The number of imide groups is 1.